The van der Waals surface area contributed by atoms with Crippen molar-refractivity contribution < 1.29 is 0 Å². The molecule has 0 saturated carbocycles. The third kappa shape index (κ3) is 2.47. The molecular weight excluding hydrogens is 236 g/mol. The Morgan fingerprint density at radius 1 is 1.29 bits per heavy atom. The molecule has 0 aliphatic heterocycles. The van der Waals surface area contributed by atoms with Crippen molar-refractivity contribution in [3.63, 3.8) is 0 Å². The van der Waals surface area contributed by atoms with Crippen LogP contribution in [0.15, 0.2) is 30.3 Å². The predicted molar refractivity (Wildman–Crippen MR) is 67.0 cm³/mol. The van der Waals surface area contributed by atoms with E-state index in [1.54, 1.807) is 0 Å². The van der Waals surface area contributed by atoms with E-state index in [1.165, 1.54) is 5.56 Å². The van der Waals surface area contributed by atoms with Crippen LogP contribution >= 0.6 is 11.6 Å². The Kier molecular flexibility index (Phi) is 3.74. The monoisotopic (exact) mass is 250 g/mol. The SMILES string of the molecule is CCC(c1ccccc1)n1nnnc1C(C)Cl. The second-order valence-corrected chi connectivity index (χ2v) is 4.59. The summed E-state index contributed by atoms with van der Waals surface area (Å²) in [6.45, 7) is 3.99. The molecule has 0 N–H and O–H groups in total. The maximum absolute atomic E-state index is 6.07. The number of hydrogen-bond donors (Lipinski definition) is 0. The van der Waals surface area contributed by atoms with Gasteiger partial charge in [0, 0.05) is 0 Å². The molecule has 0 bridgehead atoms. The van der Waals surface area contributed by atoms with E-state index in [2.05, 4.69) is 34.6 Å². The van der Waals surface area contributed by atoms with Crippen LogP contribution in [0.2, 0.25) is 0 Å². The van der Waals surface area contributed by atoms with Crippen LogP contribution in [-0.4, -0.2) is 20.2 Å². The fourth-order valence-corrected chi connectivity index (χ4v) is 2.05. The quantitative estimate of drug-likeness (QED) is 0.784. The predicted octanol–water partition coefficient (Wildman–Crippen LogP) is 2.97. The van der Waals surface area contributed by atoms with Gasteiger partial charge in [0.25, 0.3) is 0 Å². The highest BCUT2D eigenvalue weighted by atomic mass is 35.5. The molecule has 2 aromatic rings. The van der Waals surface area contributed by atoms with Gasteiger partial charge in [0.1, 0.15) is 0 Å². The smallest absolute Gasteiger partial charge is 0.169 e. The molecule has 5 heteroatoms. The minimum Gasteiger partial charge on any atom is -0.221 e. The van der Waals surface area contributed by atoms with Gasteiger partial charge in [0.2, 0.25) is 0 Å². The van der Waals surface area contributed by atoms with Crippen molar-refractivity contribution >= 4 is 11.6 Å². The van der Waals surface area contributed by atoms with E-state index in [1.807, 2.05) is 29.8 Å². The van der Waals surface area contributed by atoms with Crippen LogP contribution in [0.1, 0.15) is 43.1 Å². The van der Waals surface area contributed by atoms with Gasteiger partial charge in [-0.2, -0.15) is 0 Å². The van der Waals surface area contributed by atoms with Gasteiger partial charge in [0.05, 0.1) is 11.4 Å². The number of alkyl halides is 1. The summed E-state index contributed by atoms with van der Waals surface area (Å²) in [6, 6.07) is 10.3. The lowest BCUT2D eigenvalue weighted by Gasteiger charge is -2.17. The van der Waals surface area contributed by atoms with Crippen LogP contribution in [0, 0.1) is 0 Å². The number of hydrogen-bond acceptors (Lipinski definition) is 3. The maximum Gasteiger partial charge on any atom is 0.169 e. The van der Waals surface area contributed by atoms with Gasteiger partial charge in [-0.25, -0.2) is 4.68 Å². The third-order valence-corrected chi connectivity index (χ3v) is 2.94. The lowest BCUT2D eigenvalue weighted by Crippen LogP contribution is -2.15. The van der Waals surface area contributed by atoms with Gasteiger partial charge in [0.15, 0.2) is 5.82 Å². The van der Waals surface area contributed by atoms with E-state index in [0.29, 0.717) is 5.82 Å². The Hall–Kier alpha value is -1.42. The molecule has 2 atom stereocenters. The molecule has 17 heavy (non-hydrogen) atoms. The van der Waals surface area contributed by atoms with Crippen LogP contribution < -0.4 is 0 Å². The Morgan fingerprint density at radius 2 is 2.00 bits per heavy atom. The van der Waals surface area contributed by atoms with E-state index in [0.717, 1.165) is 6.42 Å². The van der Waals surface area contributed by atoms with Gasteiger partial charge < -0.3 is 0 Å². The summed E-state index contributed by atoms with van der Waals surface area (Å²) >= 11 is 6.07. The van der Waals surface area contributed by atoms with E-state index < -0.39 is 0 Å². The summed E-state index contributed by atoms with van der Waals surface area (Å²) in [6.07, 6.45) is 0.922. The van der Waals surface area contributed by atoms with Crippen LogP contribution in [0.4, 0.5) is 0 Å². The minimum atomic E-state index is -0.192. The molecule has 1 aromatic carbocycles. The third-order valence-electron chi connectivity index (χ3n) is 2.74. The fraction of sp³-hybridized carbons (Fsp3) is 0.417. The van der Waals surface area contributed by atoms with Crippen LogP contribution in [0.5, 0.6) is 0 Å². The fourth-order valence-electron chi connectivity index (χ4n) is 1.91. The number of aromatic nitrogens is 4. The molecular formula is C12H15ClN4. The summed E-state index contributed by atoms with van der Waals surface area (Å²) in [7, 11) is 0. The normalized spacial score (nSPS) is 14.5. The molecule has 0 radical (unpaired) electrons. The van der Waals surface area contributed by atoms with Crippen LogP contribution in [0.3, 0.4) is 0 Å². The van der Waals surface area contributed by atoms with Gasteiger partial charge in [-0.05, 0) is 29.3 Å². The number of rotatable bonds is 4. The number of nitrogens with zero attached hydrogens (tertiary/aromatic N) is 4. The average molecular weight is 251 g/mol. The summed E-state index contributed by atoms with van der Waals surface area (Å²) in [5.41, 5.74) is 1.20. The highest BCUT2D eigenvalue weighted by Crippen LogP contribution is 2.25. The van der Waals surface area contributed by atoms with Crippen molar-refractivity contribution in [2.24, 2.45) is 0 Å². The lowest BCUT2D eigenvalue weighted by atomic mass is 10.0. The number of halogens is 1. The zero-order valence-electron chi connectivity index (χ0n) is 9.92. The molecule has 0 amide bonds. The molecule has 0 aliphatic rings. The second kappa shape index (κ2) is 5.27. The molecule has 2 rings (SSSR count). The molecule has 0 spiro atoms. The molecule has 0 aliphatic carbocycles. The number of tetrazole rings is 1. The Labute approximate surface area is 106 Å². The first-order valence-corrected chi connectivity index (χ1v) is 6.14. The van der Waals surface area contributed by atoms with Gasteiger partial charge in [-0.1, -0.05) is 37.3 Å². The zero-order valence-corrected chi connectivity index (χ0v) is 10.7. The molecule has 2 unspecified atom stereocenters. The van der Waals surface area contributed by atoms with Crippen LogP contribution in [-0.2, 0) is 0 Å². The van der Waals surface area contributed by atoms with Crippen molar-refractivity contribution in [1.29, 1.82) is 0 Å². The molecule has 0 saturated heterocycles. The Bertz CT molecular complexity index is 466. The zero-order chi connectivity index (χ0) is 12.3. The first-order chi connectivity index (χ1) is 8.24. The molecule has 4 nitrogen and oxygen atoms in total. The van der Waals surface area contributed by atoms with Crippen molar-refractivity contribution in [2.45, 2.75) is 31.7 Å². The lowest BCUT2D eigenvalue weighted by molar-refractivity contribution is 0.475. The standard InChI is InChI=1S/C12H15ClN4/c1-3-11(10-7-5-4-6-8-10)17-12(9(2)13)14-15-16-17/h4-9,11H,3H2,1-2H3. The van der Waals surface area contributed by atoms with Crippen molar-refractivity contribution in [3.8, 4) is 0 Å². The second-order valence-electron chi connectivity index (χ2n) is 3.93. The Morgan fingerprint density at radius 3 is 2.59 bits per heavy atom. The van der Waals surface area contributed by atoms with E-state index in [4.69, 9.17) is 11.6 Å². The highest BCUT2D eigenvalue weighted by Gasteiger charge is 2.19. The van der Waals surface area contributed by atoms with Crippen molar-refractivity contribution in [1.82, 2.24) is 20.2 Å². The minimum absolute atomic E-state index is 0.141. The van der Waals surface area contributed by atoms with Crippen LogP contribution in [0.25, 0.3) is 0 Å². The molecule has 1 aromatic heterocycles. The first-order valence-electron chi connectivity index (χ1n) is 5.70. The highest BCUT2D eigenvalue weighted by molar-refractivity contribution is 6.20. The molecule has 0 fully saturated rings. The summed E-state index contributed by atoms with van der Waals surface area (Å²) in [4.78, 5) is 0. The molecule has 90 valence electrons. The number of benzene rings is 1. The average Bonchev–Trinajstić information content (AvgIpc) is 2.81. The van der Waals surface area contributed by atoms with Crippen molar-refractivity contribution in [2.75, 3.05) is 0 Å². The largest absolute Gasteiger partial charge is 0.221 e. The van der Waals surface area contributed by atoms with Gasteiger partial charge in [-0.3, -0.25) is 0 Å². The summed E-state index contributed by atoms with van der Waals surface area (Å²) in [5.74, 6) is 0.711. The van der Waals surface area contributed by atoms with Gasteiger partial charge >= 0.3 is 0 Å². The van der Waals surface area contributed by atoms with E-state index in [9.17, 15) is 0 Å². The maximum atomic E-state index is 6.07. The van der Waals surface area contributed by atoms with E-state index in [-0.39, 0.29) is 11.4 Å². The Balaban J connectivity index is 2.39. The van der Waals surface area contributed by atoms with E-state index >= 15 is 0 Å². The summed E-state index contributed by atoms with van der Waals surface area (Å²) < 4.78 is 1.81. The first kappa shape index (κ1) is 12.0. The van der Waals surface area contributed by atoms with Crippen molar-refractivity contribution in [3.05, 3.63) is 41.7 Å². The summed E-state index contributed by atoms with van der Waals surface area (Å²) in [5, 5.41) is 11.6. The topological polar surface area (TPSA) is 43.6 Å². The van der Waals surface area contributed by atoms with Gasteiger partial charge in [-0.15, -0.1) is 16.7 Å². The molecule has 1 heterocycles.